The van der Waals surface area contributed by atoms with Gasteiger partial charge in [0.2, 0.25) is 0 Å². The average Bonchev–Trinajstić information content (AvgIpc) is 2.80. The molecule has 1 heterocycles. The van der Waals surface area contributed by atoms with E-state index in [0.717, 1.165) is 0 Å². The zero-order valence-electron chi connectivity index (χ0n) is 17.7. The molecule has 6 nitrogen and oxygen atoms in total. The van der Waals surface area contributed by atoms with E-state index >= 15 is 0 Å². The van der Waals surface area contributed by atoms with Gasteiger partial charge in [-0.3, -0.25) is 9.52 Å². The van der Waals surface area contributed by atoms with Crippen molar-refractivity contribution in [2.24, 2.45) is 0 Å². The molecule has 1 N–H and O–H groups in total. The summed E-state index contributed by atoms with van der Waals surface area (Å²) in [6.07, 6.45) is 0. The van der Waals surface area contributed by atoms with Crippen LogP contribution in [0.15, 0.2) is 77.7 Å². The predicted molar refractivity (Wildman–Crippen MR) is 123 cm³/mol. The highest BCUT2D eigenvalue weighted by molar-refractivity contribution is 7.92. The maximum Gasteiger partial charge on any atom is 0.262 e. The van der Waals surface area contributed by atoms with Gasteiger partial charge in [-0.2, -0.15) is 0 Å². The van der Waals surface area contributed by atoms with E-state index in [9.17, 15) is 17.6 Å². The van der Waals surface area contributed by atoms with Crippen LogP contribution in [0.25, 0.3) is 0 Å². The number of halogens is 1. The highest BCUT2D eigenvalue weighted by Crippen LogP contribution is 2.23. The van der Waals surface area contributed by atoms with Gasteiger partial charge in [0.15, 0.2) is 0 Å². The van der Waals surface area contributed by atoms with Crippen LogP contribution < -0.4 is 9.62 Å². The second-order valence-electron chi connectivity index (χ2n) is 7.68. The van der Waals surface area contributed by atoms with E-state index in [2.05, 4.69) is 4.72 Å². The van der Waals surface area contributed by atoms with Gasteiger partial charge < -0.3 is 9.80 Å². The Morgan fingerprint density at radius 2 is 1.56 bits per heavy atom. The van der Waals surface area contributed by atoms with Crippen LogP contribution in [-0.2, 0) is 10.0 Å². The van der Waals surface area contributed by atoms with Crippen LogP contribution in [0.5, 0.6) is 0 Å². The minimum Gasteiger partial charge on any atom is -0.366 e. The fraction of sp³-hybridized carbons (Fsp3) is 0.208. The summed E-state index contributed by atoms with van der Waals surface area (Å²) >= 11 is 0. The standard InChI is InChI=1S/C24H24FN3O3S/c1-18-11-12-19(17-23(18)32(30,31)26-20-7-3-2-4-8-20)24(29)28-15-13-27(14-16-28)22-10-6-5-9-21(22)25/h2-12,17,26H,13-16H2,1H3. The van der Waals surface area contributed by atoms with E-state index in [-0.39, 0.29) is 16.6 Å². The number of nitrogens with one attached hydrogen (secondary N) is 1. The number of carbonyl (C=O) groups is 1. The SMILES string of the molecule is Cc1ccc(C(=O)N2CCN(c3ccccc3F)CC2)cc1S(=O)(=O)Nc1ccccc1. The monoisotopic (exact) mass is 453 g/mol. The predicted octanol–water partition coefficient (Wildman–Crippen LogP) is 3.90. The number of nitrogens with zero attached hydrogens (tertiary/aromatic N) is 2. The molecule has 1 aliphatic rings. The molecule has 1 saturated heterocycles. The van der Waals surface area contributed by atoms with Crippen molar-refractivity contribution in [2.45, 2.75) is 11.8 Å². The summed E-state index contributed by atoms with van der Waals surface area (Å²) in [6.45, 7) is 3.54. The Hall–Kier alpha value is -3.39. The summed E-state index contributed by atoms with van der Waals surface area (Å²) in [5, 5.41) is 0. The van der Waals surface area contributed by atoms with Gasteiger partial charge >= 0.3 is 0 Å². The van der Waals surface area contributed by atoms with Crippen LogP contribution in [0.3, 0.4) is 0 Å². The zero-order chi connectivity index (χ0) is 22.7. The second-order valence-corrected chi connectivity index (χ2v) is 9.33. The van der Waals surface area contributed by atoms with Crippen LogP contribution in [0.4, 0.5) is 15.8 Å². The normalized spacial score (nSPS) is 14.3. The lowest BCUT2D eigenvalue weighted by atomic mass is 10.1. The fourth-order valence-electron chi connectivity index (χ4n) is 3.78. The molecule has 0 radical (unpaired) electrons. The summed E-state index contributed by atoms with van der Waals surface area (Å²) < 4.78 is 42.5. The molecule has 3 aromatic carbocycles. The van der Waals surface area contributed by atoms with E-state index in [1.54, 1.807) is 72.5 Å². The first kappa shape index (κ1) is 21.8. The third-order valence-electron chi connectivity index (χ3n) is 5.51. The first-order valence-corrected chi connectivity index (χ1v) is 11.8. The molecule has 0 atom stereocenters. The van der Waals surface area contributed by atoms with E-state index in [4.69, 9.17) is 0 Å². The molecule has 0 bridgehead atoms. The lowest BCUT2D eigenvalue weighted by molar-refractivity contribution is 0.0746. The number of piperazine rings is 1. The number of hydrogen-bond donors (Lipinski definition) is 1. The van der Waals surface area contributed by atoms with E-state index in [0.29, 0.717) is 48.7 Å². The molecular weight excluding hydrogens is 429 g/mol. The third kappa shape index (κ3) is 4.60. The molecule has 166 valence electrons. The largest absolute Gasteiger partial charge is 0.366 e. The smallest absolute Gasteiger partial charge is 0.262 e. The first-order chi connectivity index (χ1) is 15.3. The first-order valence-electron chi connectivity index (χ1n) is 10.3. The molecule has 1 fully saturated rings. The van der Waals surface area contributed by atoms with Gasteiger partial charge in [0, 0.05) is 37.4 Å². The molecule has 1 amide bonds. The summed E-state index contributed by atoms with van der Waals surface area (Å²) in [4.78, 5) is 16.7. The number of aryl methyl sites for hydroxylation is 1. The Kier molecular flexibility index (Phi) is 6.14. The van der Waals surface area contributed by atoms with Crippen molar-refractivity contribution in [1.82, 2.24) is 4.90 Å². The molecular formula is C24H24FN3O3S. The van der Waals surface area contributed by atoms with Gasteiger partial charge in [-0.1, -0.05) is 36.4 Å². The van der Waals surface area contributed by atoms with Crippen molar-refractivity contribution in [2.75, 3.05) is 35.8 Å². The number of hydrogen-bond acceptors (Lipinski definition) is 4. The van der Waals surface area contributed by atoms with Crippen molar-refractivity contribution in [3.05, 3.63) is 89.7 Å². The topological polar surface area (TPSA) is 69.7 Å². The van der Waals surface area contributed by atoms with Gasteiger partial charge in [-0.05, 0) is 48.9 Å². The average molecular weight is 454 g/mol. The third-order valence-corrected chi connectivity index (χ3v) is 7.03. The number of benzene rings is 3. The van der Waals surface area contributed by atoms with E-state index < -0.39 is 10.0 Å². The summed E-state index contributed by atoms with van der Waals surface area (Å²) in [5.74, 6) is -0.527. The second kappa shape index (κ2) is 9.00. The molecule has 32 heavy (non-hydrogen) atoms. The van der Waals surface area contributed by atoms with Gasteiger partial charge in [-0.25, -0.2) is 12.8 Å². The molecule has 0 spiro atoms. The van der Waals surface area contributed by atoms with E-state index in [1.807, 2.05) is 4.90 Å². The van der Waals surface area contributed by atoms with Crippen LogP contribution in [0.2, 0.25) is 0 Å². The van der Waals surface area contributed by atoms with Gasteiger partial charge in [-0.15, -0.1) is 0 Å². The molecule has 8 heteroatoms. The highest BCUT2D eigenvalue weighted by atomic mass is 32.2. The number of amides is 1. The summed E-state index contributed by atoms with van der Waals surface area (Å²) in [5.41, 5.74) is 1.83. The molecule has 0 unspecified atom stereocenters. The maximum absolute atomic E-state index is 14.1. The van der Waals surface area contributed by atoms with Crippen molar-refractivity contribution < 1.29 is 17.6 Å². The molecule has 4 rings (SSSR count). The van der Waals surface area contributed by atoms with Gasteiger partial charge in [0.05, 0.1) is 10.6 Å². The maximum atomic E-state index is 14.1. The number of rotatable bonds is 5. The summed E-state index contributed by atoms with van der Waals surface area (Å²) in [6, 6.07) is 19.9. The number of para-hydroxylation sites is 2. The Morgan fingerprint density at radius 1 is 0.906 bits per heavy atom. The van der Waals surface area contributed by atoms with Crippen LogP contribution in [0, 0.1) is 12.7 Å². The van der Waals surface area contributed by atoms with Gasteiger partial charge in [0.1, 0.15) is 5.82 Å². The van der Waals surface area contributed by atoms with E-state index in [1.165, 1.54) is 12.1 Å². The number of anilines is 2. The quantitative estimate of drug-likeness (QED) is 0.636. The Balaban J connectivity index is 1.50. The lowest BCUT2D eigenvalue weighted by Gasteiger charge is -2.36. The minimum absolute atomic E-state index is 0.0668. The van der Waals surface area contributed by atoms with Crippen molar-refractivity contribution in [1.29, 1.82) is 0 Å². The minimum atomic E-state index is -3.85. The number of sulfonamides is 1. The fourth-order valence-corrected chi connectivity index (χ4v) is 5.11. The molecule has 3 aromatic rings. The van der Waals surface area contributed by atoms with Crippen LogP contribution >= 0.6 is 0 Å². The molecule has 0 aromatic heterocycles. The van der Waals surface area contributed by atoms with Crippen LogP contribution in [-0.4, -0.2) is 45.4 Å². The van der Waals surface area contributed by atoms with Crippen molar-refractivity contribution >= 4 is 27.3 Å². The summed E-state index contributed by atoms with van der Waals surface area (Å²) in [7, 11) is -3.85. The zero-order valence-corrected chi connectivity index (χ0v) is 18.5. The lowest BCUT2D eigenvalue weighted by Crippen LogP contribution is -2.49. The van der Waals surface area contributed by atoms with Gasteiger partial charge in [0.25, 0.3) is 15.9 Å². The highest BCUT2D eigenvalue weighted by Gasteiger charge is 2.25. The Morgan fingerprint density at radius 3 is 2.25 bits per heavy atom. The molecule has 0 saturated carbocycles. The number of carbonyl (C=O) groups excluding carboxylic acids is 1. The van der Waals surface area contributed by atoms with Crippen molar-refractivity contribution in [3.63, 3.8) is 0 Å². The Bertz CT molecular complexity index is 1220. The van der Waals surface area contributed by atoms with Crippen LogP contribution in [0.1, 0.15) is 15.9 Å². The molecule has 1 aliphatic heterocycles. The molecule has 0 aliphatic carbocycles. The van der Waals surface area contributed by atoms with Crippen molar-refractivity contribution in [3.8, 4) is 0 Å². The Labute approximate surface area is 187 Å².